The van der Waals surface area contributed by atoms with Crippen LogP contribution in [0.2, 0.25) is 0 Å². The number of nitrogens with zero attached hydrogens (tertiary/aromatic N) is 3. The molecule has 2 aromatic heterocycles. The first-order valence-corrected chi connectivity index (χ1v) is 6.16. The van der Waals surface area contributed by atoms with Crippen molar-refractivity contribution in [2.75, 3.05) is 18.4 Å². The van der Waals surface area contributed by atoms with Gasteiger partial charge in [-0.15, -0.1) is 0 Å². The third kappa shape index (κ3) is 1.86. The average Bonchev–Trinajstić information content (AvgIpc) is 2.97. The van der Waals surface area contributed by atoms with Crippen LogP contribution in [0.1, 0.15) is 13.3 Å². The van der Waals surface area contributed by atoms with Gasteiger partial charge in [-0.2, -0.15) is 5.10 Å². The van der Waals surface area contributed by atoms with Crippen molar-refractivity contribution in [2.24, 2.45) is 0 Å². The Bertz CT molecular complexity index is 513. The van der Waals surface area contributed by atoms with E-state index in [0.29, 0.717) is 6.04 Å². The minimum absolute atomic E-state index is 0.519. The molecule has 1 fully saturated rings. The zero-order chi connectivity index (χ0) is 11.7. The van der Waals surface area contributed by atoms with E-state index in [2.05, 4.69) is 27.6 Å². The first kappa shape index (κ1) is 10.5. The van der Waals surface area contributed by atoms with Crippen molar-refractivity contribution in [2.45, 2.75) is 25.9 Å². The number of pyridine rings is 1. The van der Waals surface area contributed by atoms with E-state index in [1.807, 2.05) is 23.1 Å². The second-order valence-electron chi connectivity index (χ2n) is 4.39. The molecule has 0 amide bonds. The Morgan fingerprint density at radius 2 is 2.53 bits per heavy atom. The second-order valence-corrected chi connectivity index (χ2v) is 4.39. The summed E-state index contributed by atoms with van der Waals surface area (Å²) >= 11 is 0. The van der Waals surface area contributed by atoms with Gasteiger partial charge in [0.05, 0.1) is 11.6 Å². The molecule has 1 aliphatic heterocycles. The molecule has 0 spiro atoms. The molecule has 0 aromatic carbocycles. The summed E-state index contributed by atoms with van der Waals surface area (Å²) in [7, 11) is 0. The SMILES string of the molecule is CCn1ncc2c(N[C@H]3CCNC3)ccnc21. The largest absolute Gasteiger partial charge is 0.380 e. The van der Waals surface area contributed by atoms with Gasteiger partial charge in [-0.1, -0.05) is 0 Å². The third-order valence-electron chi connectivity index (χ3n) is 3.26. The lowest BCUT2D eigenvalue weighted by Gasteiger charge is -2.13. The molecule has 1 saturated heterocycles. The number of nitrogens with one attached hydrogen (secondary N) is 2. The van der Waals surface area contributed by atoms with Crippen LogP contribution in [-0.4, -0.2) is 33.9 Å². The van der Waals surface area contributed by atoms with E-state index >= 15 is 0 Å². The summed E-state index contributed by atoms with van der Waals surface area (Å²) < 4.78 is 1.92. The van der Waals surface area contributed by atoms with Gasteiger partial charge >= 0.3 is 0 Å². The monoisotopic (exact) mass is 231 g/mol. The molecule has 0 aliphatic carbocycles. The van der Waals surface area contributed by atoms with Gasteiger partial charge in [0, 0.05) is 31.0 Å². The molecular weight excluding hydrogens is 214 g/mol. The van der Waals surface area contributed by atoms with Gasteiger partial charge in [0.1, 0.15) is 0 Å². The molecule has 2 aromatic rings. The fourth-order valence-corrected chi connectivity index (χ4v) is 2.33. The molecule has 0 unspecified atom stereocenters. The Labute approximate surface area is 100 Å². The Kier molecular flexibility index (Phi) is 2.68. The van der Waals surface area contributed by atoms with Crippen molar-refractivity contribution < 1.29 is 0 Å². The van der Waals surface area contributed by atoms with Crippen LogP contribution in [-0.2, 0) is 6.54 Å². The maximum Gasteiger partial charge on any atom is 0.159 e. The van der Waals surface area contributed by atoms with E-state index in [1.54, 1.807) is 0 Å². The van der Waals surface area contributed by atoms with E-state index in [9.17, 15) is 0 Å². The predicted octanol–water partition coefficient (Wildman–Crippen LogP) is 1.22. The highest BCUT2D eigenvalue weighted by Gasteiger charge is 2.15. The zero-order valence-corrected chi connectivity index (χ0v) is 9.98. The molecule has 0 saturated carbocycles. The Hall–Kier alpha value is -1.62. The lowest BCUT2D eigenvalue weighted by molar-refractivity contribution is 0.677. The third-order valence-corrected chi connectivity index (χ3v) is 3.26. The van der Waals surface area contributed by atoms with E-state index in [1.165, 1.54) is 6.42 Å². The van der Waals surface area contributed by atoms with Crippen molar-refractivity contribution in [3.8, 4) is 0 Å². The quantitative estimate of drug-likeness (QED) is 0.834. The number of hydrogen-bond acceptors (Lipinski definition) is 4. The van der Waals surface area contributed by atoms with Gasteiger partial charge in [-0.05, 0) is 26.0 Å². The highest BCUT2D eigenvalue weighted by molar-refractivity contribution is 5.88. The summed E-state index contributed by atoms with van der Waals surface area (Å²) in [5.74, 6) is 0. The number of anilines is 1. The van der Waals surface area contributed by atoms with Crippen molar-refractivity contribution in [3.05, 3.63) is 18.5 Å². The van der Waals surface area contributed by atoms with Gasteiger partial charge < -0.3 is 10.6 Å². The topological polar surface area (TPSA) is 54.8 Å². The first-order valence-electron chi connectivity index (χ1n) is 6.16. The summed E-state index contributed by atoms with van der Waals surface area (Å²) in [4.78, 5) is 4.39. The Morgan fingerprint density at radius 1 is 1.59 bits per heavy atom. The molecule has 5 heteroatoms. The average molecular weight is 231 g/mol. The maximum absolute atomic E-state index is 4.39. The molecule has 1 aliphatic rings. The number of aryl methyl sites for hydroxylation is 1. The van der Waals surface area contributed by atoms with Crippen LogP contribution in [0.5, 0.6) is 0 Å². The van der Waals surface area contributed by atoms with Gasteiger partial charge in [-0.3, -0.25) is 0 Å². The second kappa shape index (κ2) is 4.33. The standard InChI is InChI=1S/C12H17N5/c1-2-17-12-10(8-15-17)11(4-6-14-12)16-9-3-5-13-7-9/h4,6,8-9,13H,2-3,5,7H2,1H3,(H,14,16)/t9-/m0/s1. The number of aromatic nitrogens is 3. The highest BCUT2D eigenvalue weighted by Crippen LogP contribution is 2.22. The molecule has 17 heavy (non-hydrogen) atoms. The molecule has 90 valence electrons. The summed E-state index contributed by atoms with van der Waals surface area (Å²) in [6.07, 6.45) is 4.92. The minimum atomic E-state index is 0.519. The van der Waals surface area contributed by atoms with Crippen LogP contribution in [0.3, 0.4) is 0 Å². The molecule has 0 radical (unpaired) electrons. The fraction of sp³-hybridized carbons (Fsp3) is 0.500. The van der Waals surface area contributed by atoms with Gasteiger partial charge in [-0.25, -0.2) is 9.67 Å². The van der Waals surface area contributed by atoms with Crippen LogP contribution in [0.15, 0.2) is 18.5 Å². The fourth-order valence-electron chi connectivity index (χ4n) is 2.33. The normalized spacial score (nSPS) is 19.9. The number of fused-ring (bicyclic) bond motifs is 1. The van der Waals surface area contributed by atoms with Crippen LogP contribution < -0.4 is 10.6 Å². The van der Waals surface area contributed by atoms with Crippen LogP contribution in [0, 0.1) is 0 Å². The molecule has 2 N–H and O–H groups in total. The van der Waals surface area contributed by atoms with Gasteiger partial charge in [0.15, 0.2) is 5.65 Å². The molecule has 1 atom stereocenters. The van der Waals surface area contributed by atoms with E-state index < -0.39 is 0 Å². The van der Waals surface area contributed by atoms with Crippen molar-refractivity contribution >= 4 is 16.7 Å². The lowest BCUT2D eigenvalue weighted by Crippen LogP contribution is -2.22. The molecule has 3 heterocycles. The maximum atomic E-state index is 4.39. The molecular formula is C12H17N5. The van der Waals surface area contributed by atoms with Crippen molar-refractivity contribution in [1.82, 2.24) is 20.1 Å². The van der Waals surface area contributed by atoms with Crippen LogP contribution in [0.4, 0.5) is 5.69 Å². The van der Waals surface area contributed by atoms with Crippen LogP contribution >= 0.6 is 0 Å². The lowest BCUT2D eigenvalue weighted by atomic mass is 10.2. The predicted molar refractivity (Wildman–Crippen MR) is 68.1 cm³/mol. The number of rotatable bonds is 3. The Morgan fingerprint density at radius 3 is 3.29 bits per heavy atom. The van der Waals surface area contributed by atoms with Crippen LogP contribution in [0.25, 0.3) is 11.0 Å². The van der Waals surface area contributed by atoms with E-state index in [-0.39, 0.29) is 0 Å². The zero-order valence-electron chi connectivity index (χ0n) is 9.98. The van der Waals surface area contributed by atoms with Crippen molar-refractivity contribution in [3.63, 3.8) is 0 Å². The number of hydrogen-bond donors (Lipinski definition) is 2. The van der Waals surface area contributed by atoms with Gasteiger partial charge in [0.2, 0.25) is 0 Å². The van der Waals surface area contributed by atoms with E-state index in [4.69, 9.17) is 0 Å². The summed E-state index contributed by atoms with van der Waals surface area (Å²) in [6.45, 7) is 5.06. The summed E-state index contributed by atoms with van der Waals surface area (Å²) in [6, 6.07) is 2.55. The summed E-state index contributed by atoms with van der Waals surface area (Å²) in [5.41, 5.74) is 2.10. The Balaban J connectivity index is 1.95. The molecule has 3 rings (SSSR count). The molecule has 0 bridgehead atoms. The van der Waals surface area contributed by atoms with E-state index in [0.717, 1.165) is 36.4 Å². The van der Waals surface area contributed by atoms with Crippen molar-refractivity contribution in [1.29, 1.82) is 0 Å². The summed E-state index contributed by atoms with van der Waals surface area (Å²) in [5, 5.41) is 12.4. The highest BCUT2D eigenvalue weighted by atomic mass is 15.3. The minimum Gasteiger partial charge on any atom is -0.380 e. The first-order chi connectivity index (χ1) is 8.38. The smallest absolute Gasteiger partial charge is 0.159 e. The van der Waals surface area contributed by atoms with Gasteiger partial charge in [0.25, 0.3) is 0 Å². The molecule has 5 nitrogen and oxygen atoms in total.